The van der Waals surface area contributed by atoms with Crippen molar-refractivity contribution in [3.63, 3.8) is 0 Å². The maximum Gasteiger partial charge on any atom is 0.328 e. The molecule has 1 aromatic rings. The van der Waals surface area contributed by atoms with Crippen LogP contribution in [0.2, 0.25) is 10.0 Å². The molecule has 0 spiro atoms. The summed E-state index contributed by atoms with van der Waals surface area (Å²) in [7, 11) is 0. The Bertz CT molecular complexity index is 827. The molecule has 0 aromatic heterocycles. The summed E-state index contributed by atoms with van der Waals surface area (Å²) in [6.45, 7) is 5.50. The van der Waals surface area contributed by atoms with Gasteiger partial charge in [0.1, 0.15) is 0 Å². The Kier molecular flexibility index (Phi) is 7.58. The molecule has 162 valence electrons. The molecule has 2 unspecified atom stereocenters. The van der Waals surface area contributed by atoms with E-state index in [9.17, 15) is 9.59 Å². The molecule has 3 aliphatic rings. The predicted molar refractivity (Wildman–Crippen MR) is 115 cm³/mol. The van der Waals surface area contributed by atoms with E-state index in [1.54, 1.807) is 0 Å². The van der Waals surface area contributed by atoms with Gasteiger partial charge in [-0.25, -0.2) is 9.59 Å². The minimum Gasteiger partial charge on any atom is -0.478 e. The third-order valence-corrected chi connectivity index (χ3v) is 6.85. The fraction of sp³-hybridized carbons (Fsp3) is 0.455. The van der Waals surface area contributed by atoms with Crippen molar-refractivity contribution in [2.45, 2.75) is 43.4 Å². The highest BCUT2D eigenvalue weighted by atomic mass is 35.5. The van der Waals surface area contributed by atoms with Crippen LogP contribution in [-0.4, -0.2) is 58.4 Å². The molecule has 3 aliphatic heterocycles. The van der Waals surface area contributed by atoms with Gasteiger partial charge in [0.25, 0.3) is 0 Å². The van der Waals surface area contributed by atoms with E-state index in [1.807, 2.05) is 12.1 Å². The van der Waals surface area contributed by atoms with Crippen molar-refractivity contribution in [3.05, 3.63) is 58.6 Å². The third-order valence-electron chi connectivity index (χ3n) is 6.11. The number of piperidine rings is 1. The van der Waals surface area contributed by atoms with Gasteiger partial charge in [0.2, 0.25) is 0 Å². The lowest BCUT2D eigenvalue weighted by molar-refractivity contribution is -0.134. The first-order valence-corrected chi connectivity index (χ1v) is 10.6. The topological polar surface area (TPSA) is 87.1 Å². The molecule has 4 bridgehead atoms. The minimum absolute atomic E-state index is 0.313. The number of hydrogen-bond acceptors (Lipinski definition) is 4. The molecule has 30 heavy (non-hydrogen) atoms. The summed E-state index contributed by atoms with van der Waals surface area (Å²) >= 11 is 12.3. The van der Waals surface area contributed by atoms with Gasteiger partial charge < -0.3 is 14.9 Å². The van der Waals surface area contributed by atoms with Crippen molar-refractivity contribution in [1.82, 2.24) is 4.90 Å². The Morgan fingerprint density at radius 2 is 1.87 bits per heavy atom. The first-order valence-electron chi connectivity index (χ1n) is 9.89. The van der Waals surface area contributed by atoms with Crippen molar-refractivity contribution in [2.75, 3.05) is 13.2 Å². The van der Waals surface area contributed by atoms with Crippen LogP contribution in [-0.2, 0) is 14.3 Å². The second kappa shape index (κ2) is 9.96. The molecule has 0 amide bonds. The summed E-state index contributed by atoms with van der Waals surface area (Å²) < 4.78 is 6.11. The summed E-state index contributed by atoms with van der Waals surface area (Å²) in [6, 6.07) is 7.52. The molecule has 4 rings (SSSR count). The Balaban J connectivity index is 0.000000275. The summed E-state index contributed by atoms with van der Waals surface area (Å²) in [4.78, 5) is 21.8. The zero-order chi connectivity index (χ0) is 21.8. The number of carboxylic acids is 2. The van der Waals surface area contributed by atoms with Crippen molar-refractivity contribution in [1.29, 1.82) is 0 Å². The molecule has 2 N–H and O–H groups in total. The van der Waals surface area contributed by atoms with E-state index in [0.717, 1.165) is 6.54 Å². The van der Waals surface area contributed by atoms with Gasteiger partial charge in [-0.05, 0) is 42.9 Å². The monoisotopic (exact) mass is 453 g/mol. The maximum atomic E-state index is 9.55. The van der Waals surface area contributed by atoms with E-state index in [2.05, 4.69) is 23.6 Å². The van der Waals surface area contributed by atoms with E-state index in [4.69, 9.17) is 38.2 Å². The summed E-state index contributed by atoms with van der Waals surface area (Å²) in [5.41, 5.74) is 1.32. The first-order chi connectivity index (χ1) is 14.3. The fourth-order valence-electron chi connectivity index (χ4n) is 5.07. The second-order valence-electron chi connectivity index (χ2n) is 7.76. The van der Waals surface area contributed by atoms with Crippen molar-refractivity contribution in [2.24, 2.45) is 5.92 Å². The average molecular weight is 454 g/mol. The molecule has 0 saturated carbocycles. The number of ether oxygens (including phenoxy) is 1. The molecule has 1 aromatic carbocycles. The molecule has 3 fully saturated rings. The van der Waals surface area contributed by atoms with Crippen LogP contribution in [0, 0.1) is 5.92 Å². The number of carboxylic acid groups (broad SMARTS) is 2. The molecule has 0 radical (unpaired) electrons. The zero-order valence-corrected chi connectivity index (χ0v) is 17.9. The summed E-state index contributed by atoms with van der Waals surface area (Å²) in [6.07, 6.45) is 7.13. The zero-order valence-electron chi connectivity index (χ0n) is 16.4. The number of carbonyl (C=O) groups is 2. The number of nitrogens with zero attached hydrogens (tertiary/aromatic N) is 1. The van der Waals surface area contributed by atoms with Gasteiger partial charge in [0.05, 0.1) is 22.8 Å². The van der Waals surface area contributed by atoms with Gasteiger partial charge in [-0.15, -0.1) is 6.58 Å². The molecule has 3 heterocycles. The molecule has 0 aliphatic carbocycles. The van der Waals surface area contributed by atoms with Crippen molar-refractivity contribution < 1.29 is 24.5 Å². The Labute approximate surface area is 185 Å². The van der Waals surface area contributed by atoms with Crippen LogP contribution in [0.25, 0.3) is 0 Å². The highest BCUT2D eigenvalue weighted by Gasteiger charge is 2.56. The predicted octanol–water partition coefficient (Wildman–Crippen LogP) is 4.23. The van der Waals surface area contributed by atoms with Gasteiger partial charge in [-0.1, -0.05) is 35.3 Å². The molecular formula is C22H25Cl2NO5. The second-order valence-corrected chi connectivity index (χ2v) is 8.57. The van der Waals surface area contributed by atoms with E-state index < -0.39 is 11.9 Å². The molecule has 3 saturated heterocycles. The molecule has 8 heteroatoms. The highest BCUT2D eigenvalue weighted by Crippen LogP contribution is 2.53. The summed E-state index contributed by atoms with van der Waals surface area (Å²) in [5.74, 6) is -1.42. The average Bonchev–Trinajstić information content (AvgIpc) is 3.12. The van der Waals surface area contributed by atoms with Crippen LogP contribution in [0.3, 0.4) is 0 Å². The van der Waals surface area contributed by atoms with Gasteiger partial charge in [-0.2, -0.15) is 0 Å². The van der Waals surface area contributed by atoms with Crippen LogP contribution >= 0.6 is 23.2 Å². The van der Waals surface area contributed by atoms with Crippen molar-refractivity contribution in [3.8, 4) is 0 Å². The first kappa shape index (κ1) is 22.8. The van der Waals surface area contributed by atoms with Crippen LogP contribution in [0.1, 0.15) is 30.7 Å². The highest BCUT2D eigenvalue weighted by molar-refractivity contribution is 6.42. The van der Waals surface area contributed by atoms with Crippen LogP contribution < -0.4 is 0 Å². The van der Waals surface area contributed by atoms with Crippen LogP contribution in [0.15, 0.2) is 43.0 Å². The molecular weight excluding hydrogens is 429 g/mol. The molecule has 6 atom stereocenters. The van der Waals surface area contributed by atoms with E-state index in [1.165, 1.54) is 24.8 Å². The lowest BCUT2D eigenvalue weighted by Gasteiger charge is -2.38. The summed E-state index contributed by atoms with van der Waals surface area (Å²) in [5, 5.41) is 16.9. The number of benzene rings is 1. The Morgan fingerprint density at radius 1 is 1.17 bits per heavy atom. The Morgan fingerprint density at radius 3 is 2.47 bits per heavy atom. The number of halogens is 2. The standard InChI is InChI=1S/C18H21Cl2NO.C4H4O4/c1-2-7-22-17-10-21-12-4-6-16(21)18(17)13(9-12)11-3-5-14(19)15(20)8-11;5-3(6)1-2-4(7)8/h2-3,5,8,12-13,16-18H,1,4,6-7,9-10H2;1-2H,(H,5,6)(H,7,8)/b;2-1+/t12-,13+,16+,17?,18-;/m0./s1. The van der Waals surface area contributed by atoms with Crippen LogP contribution in [0.4, 0.5) is 0 Å². The Hall–Kier alpha value is -1.86. The van der Waals surface area contributed by atoms with E-state index in [0.29, 0.717) is 58.8 Å². The smallest absolute Gasteiger partial charge is 0.328 e. The van der Waals surface area contributed by atoms with Gasteiger partial charge in [-0.3, -0.25) is 4.90 Å². The largest absolute Gasteiger partial charge is 0.478 e. The van der Waals surface area contributed by atoms with E-state index >= 15 is 0 Å². The van der Waals surface area contributed by atoms with E-state index in [-0.39, 0.29) is 0 Å². The minimum atomic E-state index is -1.26. The lowest BCUT2D eigenvalue weighted by Crippen LogP contribution is -2.41. The van der Waals surface area contributed by atoms with Crippen LogP contribution in [0.5, 0.6) is 0 Å². The SMILES string of the molecule is C=CCOC1CN2[C@H]3CC[C@@H]2[C@@H]1[C@@H](c1ccc(Cl)c(Cl)c1)C3.O=C(O)/C=C/C(=O)O. The van der Waals surface area contributed by atoms with Crippen molar-refractivity contribution >= 4 is 35.1 Å². The maximum absolute atomic E-state index is 9.55. The van der Waals surface area contributed by atoms with Gasteiger partial charge >= 0.3 is 11.9 Å². The number of hydrogen-bond donors (Lipinski definition) is 2. The van der Waals surface area contributed by atoms with Gasteiger partial charge in [0.15, 0.2) is 0 Å². The number of aliphatic carboxylic acids is 2. The van der Waals surface area contributed by atoms with Gasteiger partial charge in [0, 0.05) is 36.7 Å². The number of rotatable bonds is 6. The third kappa shape index (κ3) is 5.06. The molecule has 6 nitrogen and oxygen atoms in total. The quantitative estimate of drug-likeness (QED) is 0.494. The lowest BCUT2D eigenvalue weighted by atomic mass is 9.76. The normalized spacial score (nSPS) is 31.3. The fourth-order valence-corrected chi connectivity index (χ4v) is 5.38.